The van der Waals surface area contributed by atoms with E-state index in [1.165, 1.54) is 18.4 Å². The zero-order valence-corrected chi connectivity index (χ0v) is 11.3. The predicted octanol–water partition coefficient (Wildman–Crippen LogP) is 3.17. The molecule has 0 amide bonds. The average molecular weight is 268 g/mol. The number of piperidine rings is 1. The topological polar surface area (TPSA) is 30.5 Å². The van der Waals surface area contributed by atoms with Gasteiger partial charge in [-0.1, -0.05) is 18.5 Å². The van der Waals surface area contributed by atoms with Crippen LogP contribution >= 0.6 is 11.6 Å². The Morgan fingerprint density at radius 2 is 2.06 bits per heavy atom. The SMILES string of the molecule is CC(c1cc(Cl)c2c(c1)OCO2)C1CCNCC1. The summed E-state index contributed by atoms with van der Waals surface area (Å²) in [6.45, 7) is 4.80. The van der Waals surface area contributed by atoms with Crippen LogP contribution in [0.1, 0.15) is 31.2 Å². The Labute approximate surface area is 112 Å². The van der Waals surface area contributed by atoms with Crippen molar-refractivity contribution in [3.63, 3.8) is 0 Å². The molecule has 1 aromatic rings. The number of halogens is 1. The lowest BCUT2D eigenvalue weighted by Crippen LogP contribution is -2.30. The molecule has 1 saturated heterocycles. The van der Waals surface area contributed by atoms with Gasteiger partial charge in [0.25, 0.3) is 0 Å². The van der Waals surface area contributed by atoms with Gasteiger partial charge in [0.15, 0.2) is 11.5 Å². The van der Waals surface area contributed by atoms with E-state index in [-0.39, 0.29) is 6.79 Å². The zero-order chi connectivity index (χ0) is 12.5. The quantitative estimate of drug-likeness (QED) is 0.893. The fourth-order valence-corrected chi connectivity index (χ4v) is 3.14. The molecular formula is C14H18ClNO2. The second kappa shape index (κ2) is 4.98. The molecule has 2 heterocycles. The van der Waals surface area contributed by atoms with E-state index < -0.39 is 0 Å². The van der Waals surface area contributed by atoms with Gasteiger partial charge in [0.2, 0.25) is 6.79 Å². The Hall–Kier alpha value is -0.930. The van der Waals surface area contributed by atoms with Crippen LogP contribution in [-0.2, 0) is 0 Å². The second-order valence-electron chi connectivity index (χ2n) is 5.11. The Bertz CT molecular complexity index is 444. The summed E-state index contributed by atoms with van der Waals surface area (Å²) in [7, 11) is 0. The van der Waals surface area contributed by atoms with Crippen molar-refractivity contribution in [1.82, 2.24) is 5.32 Å². The Morgan fingerprint density at radius 1 is 1.28 bits per heavy atom. The van der Waals surface area contributed by atoms with Gasteiger partial charge < -0.3 is 14.8 Å². The lowest BCUT2D eigenvalue weighted by molar-refractivity contribution is 0.174. The summed E-state index contributed by atoms with van der Waals surface area (Å²) in [5.74, 6) is 2.72. The maximum Gasteiger partial charge on any atom is 0.231 e. The molecule has 0 bridgehead atoms. The number of hydrogen-bond acceptors (Lipinski definition) is 3. The molecule has 1 N–H and O–H groups in total. The van der Waals surface area contributed by atoms with Gasteiger partial charge in [-0.2, -0.15) is 0 Å². The van der Waals surface area contributed by atoms with E-state index in [4.69, 9.17) is 21.1 Å². The van der Waals surface area contributed by atoms with Gasteiger partial charge in [0.1, 0.15) is 0 Å². The van der Waals surface area contributed by atoms with E-state index in [0.717, 1.165) is 24.8 Å². The van der Waals surface area contributed by atoms with Crippen molar-refractivity contribution in [2.45, 2.75) is 25.7 Å². The molecule has 4 heteroatoms. The van der Waals surface area contributed by atoms with Crippen LogP contribution in [0.25, 0.3) is 0 Å². The molecule has 98 valence electrons. The molecule has 2 aliphatic rings. The van der Waals surface area contributed by atoms with E-state index in [1.807, 2.05) is 6.07 Å². The summed E-state index contributed by atoms with van der Waals surface area (Å²) in [5, 5.41) is 4.07. The number of ether oxygens (including phenoxy) is 2. The smallest absolute Gasteiger partial charge is 0.231 e. The minimum atomic E-state index is 0.278. The van der Waals surface area contributed by atoms with Gasteiger partial charge in [-0.25, -0.2) is 0 Å². The molecular weight excluding hydrogens is 250 g/mol. The fraction of sp³-hybridized carbons (Fsp3) is 0.571. The van der Waals surface area contributed by atoms with Crippen LogP contribution in [0.15, 0.2) is 12.1 Å². The Balaban J connectivity index is 1.85. The highest BCUT2D eigenvalue weighted by molar-refractivity contribution is 6.32. The molecule has 3 nitrogen and oxygen atoms in total. The van der Waals surface area contributed by atoms with Crippen LogP contribution in [-0.4, -0.2) is 19.9 Å². The first-order chi connectivity index (χ1) is 8.75. The maximum atomic E-state index is 6.24. The molecule has 1 atom stereocenters. The van der Waals surface area contributed by atoms with Crippen LogP contribution < -0.4 is 14.8 Å². The molecule has 2 aliphatic heterocycles. The molecule has 0 aromatic heterocycles. The van der Waals surface area contributed by atoms with Crippen LogP contribution in [0, 0.1) is 5.92 Å². The minimum absolute atomic E-state index is 0.278. The van der Waals surface area contributed by atoms with E-state index in [2.05, 4.69) is 18.3 Å². The van der Waals surface area contributed by atoms with Crippen molar-refractivity contribution in [1.29, 1.82) is 0 Å². The van der Waals surface area contributed by atoms with Crippen molar-refractivity contribution in [2.75, 3.05) is 19.9 Å². The van der Waals surface area contributed by atoms with Crippen LogP contribution in [0.2, 0.25) is 5.02 Å². The van der Waals surface area contributed by atoms with E-state index in [9.17, 15) is 0 Å². The van der Waals surface area contributed by atoms with E-state index in [1.54, 1.807) is 0 Å². The van der Waals surface area contributed by atoms with Gasteiger partial charge in [-0.15, -0.1) is 0 Å². The number of fused-ring (bicyclic) bond motifs is 1. The third-order valence-corrected chi connectivity index (χ3v) is 4.35. The summed E-state index contributed by atoms with van der Waals surface area (Å²) in [6.07, 6.45) is 2.46. The van der Waals surface area contributed by atoms with Crippen molar-refractivity contribution < 1.29 is 9.47 Å². The van der Waals surface area contributed by atoms with Crippen molar-refractivity contribution in [3.8, 4) is 11.5 Å². The monoisotopic (exact) mass is 267 g/mol. The highest BCUT2D eigenvalue weighted by Gasteiger charge is 2.25. The largest absolute Gasteiger partial charge is 0.454 e. The zero-order valence-electron chi connectivity index (χ0n) is 10.5. The minimum Gasteiger partial charge on any atom is -0.454 e. The first-order valence-electron chi connectivity index (χ1n) is 6.55. The predicted molar refractivity (Wildman–Crippen MR) is 71.6 cm³/mol. The second-order valence-corrected chi connectivity index (χ2v) is 5.52. The molecule has 1 unspecified atom stereocenters. The number of hydrogen-bond donors (Lipinski definition) is 1. The highest BCUT2D eigenvalue weighted by atomic mass is 35.5. The van der Waals surface area contributed by atoms with E-state index in [0.29, 0.717) is 16.7 Å². The third kappa shape index (κ3) is 2.17. The molecule has 1 fully saturated rings. The molecule has 18 heavy (non-hydrogen) atoms. The average Bonchev–Trinajstić information content (AvgIpc) is 2.88. The van der Waals surface area contributed by atoms with Gasteiger partial charge in [-0.05, 0) is 55.5 Å². The van der Waals surface area contributed by atoms with Crippen LogP contribution in [0.3, 0.4) is 0 Å². The Morgan fingerprint density at radius 3 is 2.83 bits per heavy atom. The molecule has 0 radical (unpaired) electrons. The number of nitrogens with one attached hydrogen (secondary N) is 1. The van der Waals surface area contributed by atoms with Crippen LogP contribution in [0.4, 0.5) is 0 Å². The molecule has 0 saturated carbocycles. The first-order valence-corrected chi connectivity index (χ1v) is 6.93. The van der Waals surface area contributed by atoms with E-state index >= 15 is 0 Å². The summed E-state index contributed by atoms with van der Waals surface area (Å²) in [6, 6.07) is 4.11. The molecule has 3 rings (SSSR count). The standard InChI is InChI=1S/C14H18ClNO2/c1-9(10-2-4-16-5-3-10)11-6-12(15)14-13(7-11)17-8-18-14/h6-7,9-10,16H,2-5,8H2,1H3. The van der Waals surface area contributed by atoms with Gasteiger partial charge in [0.05, 0.1) is 5.02 Å². The van der Waals surface area contributed by atoms with Gasteiger partial charge in [-0.3, -0.25) is 0 Å². The molecule has 1 aromatic carbocycles. The number of benzene rings is 1. The normalized spacial score (nSPS) is 21.0. The molecule has 0 aliphatic carbocycles. The van der Waals surface area contributed by atoms with Crippen molar-refractivity contribution in [2.24, 2.45) is 5.92 Å². The Kier molecular flexibility index (Phi) is 3.35. The summed E-state index contributed by atoms with van der Waals surface area (Å²) < 4.78 is 10.8. The number of rotatable bonds is 2. The highest BCUT2D eigenvalue weighted by Crippen LogP contribution is 2.43. The fourth-order valence-electron chi connectivity index (χ4n) is 2.87. The van der Waals surface area contributed by atoms with Crippen LogP contribution in [0.5, 0.6) is 11.5 Å². The third-order valence-electron chi connectivity index (χ3n) is 4.07. The van der Waals surface area contributed by atoms with Gasteiger partial charge >= 0.3 is 0 Å². The summed E-state index contributed by atoms with van der Waals surface area (Å²) in [4.78, 5) is 0. The first kappa shape index (κ1) is 12.1. The summed E-state index contributed by atoms with van der Waals surface area (Å²) in [5.41, 5.74) is 1.26. The van der Waals surface area contributed by atoms with Gasteiger partial charge in [0, 0.05) is 0 Å². The summed E-state index contributed by atoms with van der Waals surface area (Å²) >= 11 is 6.24. The lowest BCUT2D eigenvalue weighted by atomic mass is 9.82. The van der Waals surface area contributed by atoms with Crippen molar-refractivity contribution in [3.05, 3.63) is 22.7 Å². The maximum absolute atomic E-state index is 6.24. The van der Waals surface area contributed by atoms with Crippen molar-refractivity contribution >= 4 is 11.6 Å². The lowest BCUT2D eigenvalue weighted by Gasteiger charge is -2.28. The molecule has 0 spiro atoms.